The van der Waals surface area contributed by atoms with Gasteiger partial charge in [-0.3, -0.25) is 4.79 Å². The lowest BCUT2D eigenvalue weighted by molar-refractivity contribution is -0.122. The normalized spacial score (nSPS) is 16.2. The van der Waals surface area contributed by atoms with Gasteiger partial charge in [0.2, 0.25) is 0 Å². The highest BCUT2D eigenvalue weighted by Crippen LogP contribution is 2.28. The third kappa shape index (κ3) is 24.6. The van der Waals surface area contributed by atoms with E-state index in [-0.39, 0.29) is 0 Å². The van der Waals surface area contributed by atoms with Gasteiger partial charge in [0.15, 0.2) is 0 Å². The highest BCUT2D eigenvalue weighted by atomic mass is 16.1. The third-order valence-corrected chi connectivity index (χ3v) is 4.41. The molecule has 2 atom stereocenters. The van der Waals surface area contributed by atoms with Gasteiger partial charge in [-0.15, -0.1) is 0 Å². The van der Waals surface area contributed by atoms with Crippen LogP contribution in [0.5, 0.6) is 0 Å². The van der Waals surface area contributed by atoms with Crippen molar-refractivity contribution >= 4 is 11.4 Å². The summed E-state index contributed by atoms with van der Waals surface area (Å²) in [7, 11) is 0. The number of hydrogen-bond acceptors (Lipinski definition) is 2. The highest BCUT2D eigenvalue weighted by molar-refractivity contribution is 5.78. The first-order chi connectivity index (χ1) is 15.0. The smallest absolute Gasteiger partial charge is 0.132 e. The van der Waals surface area contributed by atoms with Crippen LogP contribution in [0.15, 0.2) is 48.6 Å². The fourth-order valence-corrected chi connectivity index (χ4v) is 2.89. The van der Waals surface area contributed by atoms with Crippen LogP contribution in [-0.2, 0) is 4.79 Å². The zero-order chi connectivity index (χ0) is 25.5. The quantitative estimate of drug-likeness (QED) is 0.469. The molecule has 1 aliphatic rings. The van der Waals surface area contributed by atoms with Crippen LogP contribution in [0.4, 0.5) is 0 Å². The number of nitrogens with two attached hydrogens (primary N) is 1. The molecule has 0 spiro atoms. The van der Waals surface area contributed by atoms with Crippen molar-refractivity contribution in [3.8, 4) is 0 Å². The summed E-state index contributed by atoms with van der Waals surface area (Å²) >= 11 is 0. The molecule has 0 bridgehead atoms. The number of benzene rings is 1. The summed E-state index contributed by atoms with van der Waals surface area (Å²) in [5, 5.41) is 0. The van der Waals surface area contributed by atoms with Gasteiger partial charge in [-0.05, 0) is 69.6 Å². The Labute approximate surface area is 201 Å². The highest BCUT2D eigenvalue weighted by Gasteiger charge is 2.21. The van der Waals surface area contributed by atoms with E-state index in [4.69, 9.17) is 5.73 Å². The minimum absolute atomic E-state index is 0.392. The first-order valence-corrected chi connectivity index (χ1v) is 12.6. The molecule has 1 fully saturated rings. The van der Waals surface area contributed by atoms with Gasteiger partial charge in [0.1, 0.15) is 5.78 Å². The van der Waals surface area contributed by atoms with Crippen molar-refractivity contribution < 1.29 is 4.79 Å². The molecule has 2 N–H and O–H groups in total. The second-order valence-electron chi connectivity index (χ2n) is 9.21. The Hall–Kier alpha value is -1.67. The average molecular weight is 446 g/mol. The maximum absolute atomic E-state index is 10.9. The second kappa shape index (κ2) is 24.0. The van der Waals surface area contributed by atoms with E-state index in [1.165, 1.54) is 24.0 Å². The zero-order valence-electron chi connectivity index (χ0n) is 23.1. The third-order valence-electron chi connectivity index (χ3n) is 4.41. The second-order valence-corrected chi connectivity index (χ2v) is 9.21. The van der Waals surface area contributed by atoms with Gasteiger partial charge in [0.05, 0.1) is 0 Å². The molecule has 1 aromatic rings. The van der Waals surface area contributed by atoms with Gasteiger partial charge in [-0.2, -0.15) is 0 Å². The van der Waals surface area contributed by atoms with Crippen LogP contribution in [-0.4, -0.2) is 12.3 Å². The molecule has 2 unspecified atom stereocenters. The lowest BCUT2D eigenvalue weighted by Crippen LogP contribution is -2.19. The molecule has 1 aliphatic carbocycles. The largest absolute Gasteiger partial charge is 0.330 e. The van der Waals surface area contributed by atoms with E-state index in [1.54, 1.807) is 6.92 Å². The molecule has 0 radical (unpaired) electrons. The van der Waals surface area contributed by atoms with Gasteiger partial charge in [0.25, 0.3) is 0 Å². The number of carbonyl (C=O) groups excluding carboxylic acids is 1. The molecule has 0 amide bonds. The zero-order valence-corrected chi connectivity index (χ0v) is 23.1. The van der Waals surface area contributed by atoms with Crippen molar-refractivity contribution in [3.63, 3.8) is 0 Å². The summed E-state index contributed by atoms with van der Waals surface area (Å²) in [6.07, 6.45) is 8.04. The minimum Gasteiger partial charge on any atom is -0.330 e. The molecule has 0 aromatic heterocycles. The van der Waals surface area contributed by atoms with Crippen molar-refractivity contribution in [2.45, 2.75) is 101 Å². The molecule has 186 valence electrons. The Kier molecular flexibility index (Phi) is 26.2. The van der Waals surface area contributed by atoms with Crippen LogP contribution in [0.3, 0.4) is 0 Å². The van der Waals surface area contributed by atoms with Crippen molar-refractivity contribution in [2.75, 3.05) is 6.54 Å². The number of allylic oxidation sites excluding steroid dienone is 3. The SMILES string of the molecule is C=C(C=C(C)C)c1ccccc1.CC.CC(=O)C1CCCC(C)C1.CC(C)C.CCCN. The Bertz CT molecular complexity index is 577. The monoisotopic (exact) mass is 445 g/mol. The summed E-state index contributed by atoms with van der Waals surface area (Å²) < 4.78 is 0. The van der Waals surface area contributed by atoms with Crippen LogP contribution in [0, 0.1) is 17.8 Å². The van der Waals surface area contributed by atoms with Crippen molar-refractivity contribution in [1.82, 2.24) is 0 Å². The van der Waals surface area contributed by atoms with Gasteiger partial charge in [-0.1, -0.05) is 110 Å². The number of rotatable bonds is 4. The number of ketones is 1. The maximum Gasteiger partial charge on any atom is 0.132 e. The Morgan fingerprint density at radius 2 is 1.56 bits per heavy atom. The van der Waals surface area contributed by atoms with Crippen molar-refractivity contribution in [1.29, 1.82) is 0 Å². The van der Waals surface area contributed by atoms with Gasteiger partial charge in [0, 0.05) is 5.92 Å². The molecule has 1 aromatic carbocycles. The Balaban J connectivity index is -0.000000378. The standard InChI is InChI=1S/C12H14.C9H16O.C4H10.C3H9N.C2H6/c1-10(2)9-11(3)12-7-5-4-6-8-12;1-7-4-3-5-9(6-7)8(2)10;1-4(2)3;1-2-3-4;1-2/h4-9H,3H2,1-2H3;7,9H,3-6H2,1-2H3;4H,1-3H3;2-4H2,1H3;1-2H3. The van der Waals surface area contributed by atoms with E-state index in [2.05, 4.69) is 73.3 Å². The first-order valence-electron chi connectivity index (χ1n) is 12.6. The molecule has 1 saturated carbocycles. The maximum atomic E-state index is 10.9. The summed E-state index contributed by atoms with van der Waals surface area (Å²) in [6, 6.07) is 10.2. The lowest BCUT2D eigenvalue weighted by atomic mass is 9.81. The molecule has 0 aliphatic heterocycles. The predicted molar refractivity (Wildman–Crippen MR) is 148 cm³/mol. The van der Waals surface area contributed by atoms with Crippen molar-refractivity contribution in [3.05, 3.63) is 54.1 Å². The van der Waals surface area contributed by atoms with Crippen molar-refractivity contribution in [2.24, 2.45) is 23.5 Å². The average Bonchev–Trinajstić information content (AvgIpc) is 2.75. The summed E-state index contributed by atoms with van der Waals surface area (Å²) in [5.74, 6) is 2.40. The summed E-state index contributed by atoms with van der Waals surface area (Å²) in [6.45, 7) is 25.5. The molecule has 0 saturated heterocycles. The molecule has 2 rings (SSSR count). The minimum atomic E-state index is 0.392. The number of hydrogen-bond donors (Lipinski definition) is 1. The molecule has 2 heteroatoms. The molecular weight excluding hydrogens is 390 g/mol. The van der Waals surface area contributed by atoms with E-state index in [0.717, 1.165) is 43.2 Å². The predicted octanol–water partition coefficient (Wildman–Crippen LogP) is 9.11. The van der Waals surface area contributed by atoms with Crippen LogP contribution in [0.25, 0.3) is 5.57 Å². The van der Waals surface area contributed by atoms with Gasteiger partial charge >= 0.3 is 0 Å². The number of Topliss-reactive ketones (excluding diaryl/α,β-unsaturated/α-hetero) is 1. The number of carbonyl (C=O) groups is 1. The molecule has 0 heterocycles. The van der Waals surface area contributed by atoms with Gasteiger partial charge < -0.3 is 5.73 Å². The van der Waals surface area contributed by atoms with Crippen LogP contribution in [0.1, 0.15) is 107 Å². The topological polar surface area (TPSA) is 43.1 Å². The first kappa shape index (κ1) is 34.9. The Morgan fingerprint density at radius 3 is 1.88 bits per heavy atom. The summed E-state index contributed by atoms with van der Waals surface area (Å²) in [5.41, 5.74) is 8.58. The molecular formula is C30H55NO. The van der Waals surface area contributed by atoms with Gasteiger partial charge in [-0.25, -0.2) is 0 Å². The van der Waals surface area contributed by atoms with Crippen LogP contribution < -0.4 is 5.73 Å². The Morgan fingerprint density at radius 1 is 1.09 bits per heavy atom. The van der Waals surface area contributed by atoms with E-state index < -0.39 is 0 Å². The van der Waals surface area contributed by atoms with E-state index in [0.29, 0.717) is 11.7 Å². The summed E-state index contributed by atoms with van der Waals surface area (Å²) in [4.78, 5) is 10.9. The van der Waals surface area contributed by atoms with E-state index in [9.17, 15) is 4.79 Å². The van der Waals surface area contributed by atoms with E-state index >= 15 is 0 Å². The fourth-order valence-electron chi connectivity index (χ4n) is 2.89. The van der Waals surface area contributed by atoms with E-state index in [1.807, 2.05) is 32.0 Å². The fraction of sp³-hybridized carbons (Fsp3) is 0.633. The van der Waals surface area contributed by atoms with Crippen LogP contribution >= 0.6 is 0 Å². The lowest BCUT2D eigenvalue weighted by Gasteiger charge is -2.24. The molecule has 2 nitrogen and oxygen atoms in total. The molecule has 32 heavy (non-hydrogen) atoms. The van der Waals surface area contributed by atoms with Crippen LogP contribution in [0.2, 0.25) is 0 Å².